The predicted molar refractivity (Wildman–Crippen MR) is 79.3 cm³/mol. The van der Waals surface area contributed by atoms with Crippen LogP contribution < -0.4 is 15.8 Å². The van der Waals surface area contributed by atoms with Crippen molar-refractivity contribution in [1.29, 1.82) is 0 Å². The monoisotopic (exact) mass is 343 g/mol. The van der Waals surface area contributed by atoms with Crippen molar-refractivity contribution in [2.24, 2.45) is 7.05 Å². The Labute approximate surface area is 135 Å². The second kappa shape index (κ2) is 6.77. The summed E-state index contributed by atoms with van der Waals surface area (Å²) in [6.45, 7) is 0.159. The van der Waals surface area contributed by atoms with Crippen LogP contribution in [0.5, 0.6) is 5.75 Å². The number of hydrogen-bond donors (Lipinski definition) is 2. The first-order chi connectivity index (χ1) is 11.2. The van der Waals surface area contributed by atoms with Gasteiger partial charge in [-0.25, -0.2) is 0 Å². The van der Waals surface area contributed by atoms with E-state index in [0.29, 0.717) is 11.3 Å². The maximum Gasteiger partial charge on any atom is 0.422 e. The fraction of sp³-hybridized carbons (Fsp3) is 0.357. The van der Waals surface area contributed by atoms with Crippen LogP contribution in [0.1, 0.15) is 21.6 Å². The number of carbonyl (C=O) groups is 1. The topological polar surface area (TPSA) is 95.1 Å². The zero-order valence-corrected chi connectivity index (χ0v) is 13.0. The van der Waals surface area contributed by atoms with Crippen LogP contribution in [0.3, 0.4) is 0 Å². The number of carbonyl (C=O) groups excluding carboxylic acids is 1. The first-order valence-corrected chi connectivity index (χ1v) is 6.88. The summed E-state index contributed by atoms with van der Waals surface area (Å²) >= 11 is 0. The molecule has 0 unspecified atom stereocenters. The van der Waals surface area contributed by atoms with Gasteiger partial charge in [-0.3, -0.25) is 14.5 Å². The minimum Gasteiger partial charge on any atom is -0.482 e. The van der Waals surface area contributed by atoms with Crippen LogP contribution in [-0.2, 0) is 13.6 Å². The maximum atomic E-state index is 12.3. The normalized spacial score (nSPS) is 11.4. The number of pyridine rings is 1. The highest BCUT2D eigenvalue weighted by Crippen LogP contribution is 2.21. The summed E-state index contributed by atoms with van der Waals surface area (Å²) in [5.74, 6) is -0.323. The number of hydrogen-bond acceptors (Lipinski definition) is 5. The lowest BCUT2D eigenvalue weighted by molar-refractivity contribution is -0.153. The van der Waals surface area contributed by atoms with Crippen LogP contribution in [0.15, 0.2) is 18.5 Å². The van der Waals surface area contributed by atoms with E-state index in [0.717, 1.165) is 6.20 Å². The summed E-state index contributed by atoms with van der Waals surface area (Å²) in [6, 6.07) is 1.46. The lowest BCUT2D eigenvalue weighted by Crippen LogP contribution is -2.25. The standard InChI is InChI=1S/C14H16F3N5O2/c1-8-11(12(18)22(2)21-8)13(23)20-5-9-3-4-19-6-10(9)24-7-14(15,16)17/h3-4,6H,5,7,18H2,1-2H3,(H,20,23). The molecule has 0 aliphatic heterocycles. The van der Waals surface area contributed by atoms with Crippen LogP contribution in [-0.4, -0.2) is 33.5 Å². The third-order valence-corrected chi connectivity index (χ3v) is 3.19. The van der Waals surface area contributed by atoms with Gasteiger partial charge >= 0.3 is 6.18 Å². The van der Waals surface area contributed by atoms with Gasteiger partial charge in [0.1, 0.15) is 17.1 Å². The number of halogens is 3. The highest BCUT2D eigenvalue weighted by Gasteiger charge is 2.29. The average Bonchev–Trinajstić information content (AvgIpc) is 2.75. The second-order valence-electron chi connectivity index (χ2n) is 5.04. The Morgan fingerprint density at radius 2 is 2.17 bits per heavy atom. The molecule has 0 saturated heterocycles. The van der Waals surface area contributed by atoms with Crippen LogP contribution >= 0.6 is 0 Å². The van der Waals surface area contributed by atoms with Gasteiger partial charge in [-0.05, 0) is 13.0 Å². The van der Waals surface area contributed by atoms with Crippen LogP contribution in [0.25, 0.3) is 0 Å². The van der Waals surface area contributed by atoms with Gasteiger partial charge in [0.05, 0.1) is 11.9 Å². The zero-order chi connectivity index (χ0) is 17.9. The lowest BCUT2D eigenvalue weighted by atomic mass is 10.2. The molecule has 2 rings (SSSR count). The molecule has 0 aromatic carbocycles. The maximum absolute atomic E-state index is 12.3. The van der Waals surface area contributed by atoms with Crippen molar-refractivity contribution < 1.29 is 22.7 Å². The number of amides is 1. The third kappa shape index (κ3) is 4.15. The molecule has 24 heavy (non-hydrogen) atoms. The molecule has 0 aliphatic rings. The molecular weight excluding hydrogens is 327 g/mol. The van der Waals surface area contributed by atoms with Gasteiger partial charge in [0.25, 0.3) is 5.91 Å². The number of aryl methyl sites for hydroxylation is 2. The van der Waals surface area contributed by atoms with Crippen molar-refractivity contribution in [3.8, 4) is 5.75 Å². The number of rotatable bonds is 5. The van der Waals surface area contributed by atoms with E-state index in [1.54, 1.807) is 14.0 Å². The van der Waals surface area contributed by atoms with Gasteiger partial charge in [0, 0.05) is 25.4 Å². The Morgan fingerprint density at radius 3 is 2.75 bits per heavy atom. The quantitative estimate of drug-likeness (QED) is 0.859. The Bertz CT molecular complexity index is 742. The number of nitrogens with two attached hydrogens (primary N) is 1. The summed E-state index contributed by atoms with van der Waals surface area (Å²) in [6.07, 6.45) is -1.90. The molecule has 130 valence electrons. The Morgan fingerprint density at radius 1 is 1.46 bits per heavy atom. The molecule has 0 atom stereocenters. The number of nitrogen functional groups attached to an aromatic ring is 1. The molecular formula is C14H16F3N5O2. The average molecular weight is 343 g/mol. The Balaban J connectivity index is 2.08. The molecule has 0 saturated carbocycles. The van der Waals surface area contributed by atoms with E-state index in [2.05, 4.69) is 15.4 Å². The molecule has 0 aliphatic carbocycles. The second-order valence-corrected chi connectivity index (χ2v) is 5.04. The van der Waals surface area contributed by atoms with E-state index < -0.39 is 18.7 Å². The third-order valence-electron chi connectivity index (χ3n) is 3.19. The van der Waals surface area contributed by atoms with E-state index in [4.69, 9.17) is 10.5 Å². The van der Waals surface area contributed by atoms with Crippen molar-refractivity contribution in [3.05, 3.63) is 35.3 Å². The van der Waals surface area contributed by atoms with Gasteiger partial charge in [-0.15, -0.1) is 0 Å². The van der Waals surface area contributed by atoms with E-state index in [1.807, 2.05) is 0 Å². The molecule has 0 spiro atoms. The molecule has 0 fully saturated rings. The Hall–Kier alpha value is -2.78. The zero-order valence-electron chi connectivity index (χ0n) is 13.0. The van der Waals surface area contributed by atoms with Crippen molar-refractivity contribution in [3.63, 3.8) is 0 Å². The van der Waals surface area contributed by atoms with E-state index in [1.165, 1.54) is 16.9 Å². The molecule has 2 heterocycles. The van der Waals surface area contributed by atoms with Gasteiger partial charge in [-0.1, -0.05) is 0 Å². The molecule has 1 amide bonds. The largest absolute Gasteiger partial charge is 0.482 e. The Kier molecular flexibility index (Phi) is 4.96. The number of nitrogens with one attached hydrogen (secondary N) is 1. The van der Waals surface area contributed by atoms with Crippen molar-refractivity contribution in [1.82, 2.24) is 20.1 Å². The summed E-state index contributed by atoms with van der Waals surface area (Å²) in [7, 11) is 1.60. The van der Waals surface area contributed by atoms with Crippen molar-refractivity contribution in [2.75, 3.05) is 12.3 Å². The summed E-state index contributed by atoms with van der Waals surface area (Å²) in [4.78, 5) is 15.9. The molecule has 0 radical (unpaired) electrons. The molecule has 10 heteroatoms. The first kappa shape index (κ1) is 17.6. The van der Waals surface area contributed by atoms with Crippen LogP contribution in [0, 0.1) is 6.92 Å². The van der Waals surface area contributed by atoms with E-state index >= 15 is 0 Å². The SMILES string of the molecule is Cc1nn(C)c(N)c1C(=O)NCc1ccncc1OCC(F)(F)F. The first-order valence-electron chi connectivity index (χ1n) is 6.88. The summed E-state index contributed by atoms with van der Waals surface area (Å²) in [5, 5.41) is 6.62. The molecule has 2 aromatic heterocycles. The number of anilines is 1. The smallest absolute Gasteiger partial charge is 0.422 e. The molecule has 3 N–H and O–H groups in total. The summed E-state index contributed by atoms with van der Waals surface area (Å²) in [5.41, 5.74) is 6.82. The van der Waals surface area contributed by atoms with Gasteiger partial charge in [-0.2, -0.15) is 18.3 Å². The number of aromatic nitrogens is 3. The van der Waals surface area contributed by atoms with Gasteiger partial charge < -0.3 is 15.8 Å². The van der Waals surface area contributed by atoms with E-state index in [9.17, 15) is 18.0 Å². The predicted octanol–water partition coefficient (Wildman–Crippen LogP) is 1.58. The van der Waals surface area contributed by atoms with Crippen molar-refractivity contribution in [2.45, 2.75) is 19.6 Å². The molecule has 0 bridgehead atoms. The van der Waals surface area contributed by atoms with Gasteiger partial charge in [0.2, 0.25) is 0 Å². The van der Waals surface area contributed by atoms with Crippen LogP contribution in [0.2, 0.25) is 0 Å². The minimum atomic E-state index is -4.46. The number of ether oxygens (including phenoxy) is 1. The minimum absolute atomic E-state index is 0.0394. The highest BCUT2D eigenvalue weighted by molar-refractivity contribution is 5.99. The fourth-order valence-electron chi connectivity index (χ4n) is 2.06. The molecule has 7 nitrogen and oxygen atoms in total. The fourth-order valence-corrected chi connectivity index (χ4v) is 2.06. The van der Waals surface area contributed by atoms with Gasteiger partial charge in [0.15, 0.2) is 6.61 Å². The van der Waals surface area contributed by atoms with Crippen molar-refractivity contribution >= 4 is 11.7 Å². The highest BCUT2D eigenvalue weighted by atomic mass is 19.4. The molecule has 2 aromatic rings. The number of alkyl halides is 3. The van der Waals surface area contributed by atoms with Crippen LogP contribution in [0.4, 0.5) is 19.0 Å². The number of nitrogens with zero attached hydrogens (tertiary/aromatic N) is 3. The van der Waals surface area contributed by atoms with E-state index in [-0.39, 0.29) is 23.7 Å². The lowest BCUT2D eigenvalue weighted by Gasteiger charge is -2.13. The summed E-state index contributed by atoms with van der Waals surface area (Å²) < 4.78 is 42.9.